The van der Waals surface area contributed by atoms with Crippen LogP contribution in [0.3, 0.4) is 0 Å². The van der Waals surface area contributed by atoms with E-state index >= 15 is 0 Å². The second-order valence-electron chi connectivity index (χ2n) is 6.52. The lowest BCUT2D eigenvalue weighted by Gasteiger charge is -2.12. The molecule has 1 nitrogen and oxygen atoms in total. The molecule has 1 aromatic heterocycles. The van der Waals surface area contributed by atoms with Crippen LogP contribution in [0.25, 0.3) is 22.4 Å². The summed E-state index contributed by atoms with van der Waals surface area (Å²) in [6.45, 7) is 10.7. The summed E-state index contributed by atoms with van der Waals surface area (Å²) in [5.74, 6) is 0. The van der Waals surface area contributed by atoms with Crippen LogP contribution in [0.15, 0.2) is 48.5 Å². The Hall–Kier alpha value is -2.41. The van der Waals surface area contributed by atoms with Crippen LogP contribution in [0.1, 0.15) is 27.9 Å². The van der Waals surface area contributed by atoms with Crippen molar-refractivity contribution in [2.24, 2.45) is 0 Å². The van der Waals surface area contributed by atoms with Crippen molar-refractivity contribution in [2.45, 2.75) is 34.6 Å². The van der Waals surface area contributed by atoms with Crippen molar-refractivity contribution in [1.82, 2.24) is 4.98 Å². The third-order valence-corrected chi connectivity index (χ3v) is 4.30. The van der Waals surface area contributed by atoms with Crippen molar-refractivity contribution in [2.75, 3.05) is 0 Å². The molecule has 0 atom stereocenters. The second kappa shape index (κ2) is 6.00. The Kier molecular flexibility index (Phi) is 4.04. The molecular weight excluding hydrogens is 278 g/mol. The standard InChI is InChI=1S/C22H23N/c1-14-6-8-20(16(3)10-14)19-12-18(5)23-22(13-19)21-9-7-15(2)11-17(21)4/h6-13H,1-5H3. The van der Waals surface area contributed by atoms with E-state index in [1.165, 1.54) is 38.9 Å². The third kappa shape index (κ3) is 3.19. The highest BCUT2D eigenvalue weighted by molar-refractivity contribution is 5.74. The Labute approximate surface area is 139 Å². The fourth-order valence-corrected chi connectivity index (χ4v) is 3.20. The monoisotopic (exact) mass is 301 g/mol. The Morgan fingerprint density at radius 2 is 1.17 bits per heavy atom. The zero-order valence-electron chi connectivity index (χ0n) is 14.6. The molecule has 0 aliphatic rings. The SMILES string of the molecule is Cc1ccc(-c2cc(C)nc(-c3ccc(C)cc3C)c2)c(C)c1. The number of hydrogen-bond acceptors (Lipinski definition) is 1. The van der Waals surface area contributed by atoms with Gasteiger partial charge in [-0.05, 0) is 69.0 Å². The van der Waals surface area contributed by atoms with Gasteiger partial charge in [-0.3, -0.25) is 4.98 Å². The van der Waals surface area contributed by atoms with Gasteiger partial charge in [0.2, 0.25) is 0 Å². The smallest absolute Gasteiger partial charge is 0.0714 e. The number of nitrogens with zero attached hydrogens (tertiary/aromatic N) is 1. The average molecular weight is 301 g/mol. The number of hydrogen-bond donors (Lipinski definition) is 0. The predicted octanol–water partition coefficient (Wildman–Crippen LogP) is 5.96. The van der Waals surface area contributed by atoms with E-state index in [9.17, 15) is 0 Å². The number of aromatic nitrogens is 1. The normalized spacial score (nSPS) is 10.8. The molecule has 0 unspecified atom stereocenters. The molecule has 0 amide bonds. The molecule has 1 heteroatoms. The van der Waals surface area contributed by atoms with E-state index in [0.29, 0.717) is 0 Å². The van der Waals surface area contributed by atoms with Crippen LogP contribution in [0.5, 0.6) is 0 Å². The van der Waals surface area contributed by atoms with Crippen LogP contribution >= 0.6 is 0 Å². The van der Waals surface area contributed by atoms with Gasteiger partial charge in [-0.15, -0.1) is 0 Å². The van der Waals surface area contributed by atoms with E-state index in [4.69, 9.17) is 4.98 Å². The van der Waals surface area contributed by atoms with Crippen LogP contribution in [-0.4, -0.2) is 4.98 Å². The lowest BCUT2D eigenvalue weighted by atomic mass is 9.96. The fraction of sp³-hybridized carbons (Fsp3) is 0.227. The topological polar surface area (TPSA) is 12.9 Å². The summed E-state index contributed by atoms with van der Waals surface area (Å²) in [6, 6.07) is 17.6. The average Bonchev–Trinajstić information content (AvgIpc) is 2.46. The highest BCUT2D eigenvalue weighted by Gasteiger charge is 2.09. The minimum atomic E-state index is 1.05. The molecule has 0 bridgehead atoms. The fourth-order valence-electron chi connectivity index (χ4n) is 3.20. The highest BCUT2D eigenvalue weighted by Crippen LogP contribution is 2.30. The third-order valence-electron chi connectivity index (χ3n) is 4.30. The summed E-state index contributed by atoms with van der Waals surface area (Å²) in [5, 5.41) is 0. The quantitative estimate of drug-likeness (QED) is 0.569. The van der Waals surface area contributed by atoms with Gasteiger partial charge < -0.3 is 0 Å². The van der Waals surface area contributed by atoms with Crippen molar-refractivity contribution < 1.29 is 0 Å². The highest BCUT2D eigenvalue weighted by atomic mass is 14.7. The molecule has 1 heterocycles. The molecule has 2 aromatic carbocycles. The Morgan fingerprint density at radius 1 is 0.609 bits per heavy atom. The number of benzene rings is 2. The van der Waals surface area contributed by atoms with Crippen LogP contribution in [0, 0.1) is 34.6 Å². The van der Waals surface area contributed by atoms with Crippen LogP contribution in [0.4, 0.5) is 0 Å². The molecule has 0 aliphatic carbocycles. The molecule has 0 spiro atoms. The van der Waals surface area contributed by atoms with Gasteiger partial charge in [0, 0.05) is 11.3 Å². The van der Waals surface area contributed by atoms with Gasteiger partial charge in [0.1, 0.15) is 0 Å². The maximum absolute atomic E-state index is 4.77. The molecule has 0 saturated heterocycles. The summed E-state index contributed by atoms with van der Waals surface area (Å²) in [4.78, 5) is 4.77. The van der Waals surface area contributed by atoms with Crippen molar-refractivity contribution in [3.05, 3.63) is 76.5 Å². The zero-order chi connectivity index (χ0) is 16.6. The predicted molar refractivity (Wildman–Crippen MR) is 98.8 cm³/mol. The first-order chi connectivity index (χ1) is 10.9. The molecule has 116 valence electrons. The van der Waals surface area contributed by atoms with Gasteiger partial charge in [-0.25, -0.2) is 0 Å². The summed E-state index contributed by atoms with van der Waals surface area (Å²) < 4.78 is 0. The van der Waals surface area contributed by atoms with E-state index in [1.807, 2.05) is 0 Å². The van der Waals surface area contributed by atoms with Crippen LogP contribution in [-0.2, 0) is 0 Å². The summed E-state index contributed by atoms with van der Waals surface area (Å²) in [6.07, 6.45) is 0. The molecule has 0 aliphatic heterocycles. The van der Waals surface area contributed by atoms with E-state index < -0.39 is 0 Å². The summed E-state index contributed by atoms with van der Waals surface area (Å²) in [7, 11) is 0. The van der Waals surface area contributed by atoms with Crippen LogP contribution in [0.2, 0.25) is 0 Å². The Morgan fingerprint density at radius 3 is 1.74 bits per heavy atom. The minimum Gasteiger partial charge on any atom is -0.253 e. The summed E-state index contributed by atoms with van der Waals surface area (Å²) in [5.41, 5.74) is 11.0. The van der Waals surface area contributed by atoms with Gasteiger partial charge in [0.15, 0.2) is 0 Å². The van der Waals surface area contributed by atoms with Crippen molar-refractivity contribution >= 4 is 0 Å². The molecule has 0 radical (unpaired) electrons. The molecule has 0 saturated carbocycles. The van der Waals surface area contributed by atoms with Gasteiger partial charge >= 0.3 is 0 Å². The lowest BCUT2D eigenvalue weighted by Crippen LogP contribution is -1.93. The van der Waals surface area contributed by atoms with Crippen LogP contribution < -0.4 is 0 Å². The van der Waals surface area contributed by atoms with Crippen molar-refractivity contribution in [3.8, 4) is 22.4 Å². The van der Waals surface area contributed by atoms with E-state index in [2.05, 4.69) is 83.1 Å². The maximum Gasteiger partial charge on any atom is 0.0714 e. The Bertz CT molecular complexity index is 805. The van der Waals surface area contributed by atoms with Gasteiger partial charge in [-0.2, -0.15) is 0 Å². The van der Waals surface area contributed by atoms with E-state index in [1.54, 1.807) is 0 Å². The van der Waals surface area contributed by atoms with E-state index in [0.717, 1.165) is 11.4 Å². The van der Waals surface area contributed by atoms with E-state index in [-0.39, 0.29) is 0 Å². The second-order valence-corrected chi connectivity index (χ2v) is 6.52. The first-order valence-electron chi connectivity index (χ1n) is 8.08. The first kappa shape index (κ1) is 15.5. The molecule has 0 N–H and O–H groups in total. The molecule has 3 rings (SSSR count). The molecule has 0 fully saturated rings. The number of aryl methyl sites for hydroxylation is 5. The molecule has 23 heavy (non-hydrogen) atoms. The largest absolute Gasteiger partial charge is 0.253 e. The maximum atomic E-state index is 4.77. The van der Waals surface area contributed by atoms with Gasteiger partial charge in [-0.1, -0.05) is 47.5 Å². The molecule has 3 aromatic rings. The molecular formula is C22H23N. The lowest BCUT2D eigenvalue weighted by molar-refractivity contribution is 1.20. The summed E-state index contributed by atoms with van der Waals surface area (Å²) >= 11 is 0. The first-order valence-corrected chi connectivity index (χ1v) is 8.08. The Balaban J connectivity index is 2.16. The van der Waals surface area contributed by atoms with Crippen molar-refractivity contribution in [1.29, 1.82) is 0 Å². The minimum absolute atomic E-state index is 1.05. The van der Waals surface area contributed by atoms with Gasteiger partial charge in [0.25, 0.3) is 0 Å². The zero-order valence-corrected chi connectivity index (χ0v) is 14.6. The van der Waals surface area contributed by atoms with Crippen molar-refractivity contribution in [3.63, 3.8) is 0 Å². The van der Waals surface area contributed by atoms with Gasteiger partial charge in [0.05, 0.1) is 5.69 Å². The number of rotatable bonds is 2. The number of pyridine rings is 1.